The number of hydrogen-bond acceptors (Lipinski definition) is 3. The standard InChI is InChI=1S/C13H12BrNO4/c1-2-19-12(16)7-10-5-8-3-4-9(14)6-11(8)15(10)13(17)18/h3-6H,2,7H2,1H3,(H,17,18). The third kappa shape index (κ3) is 2.78. The van der Waals surface area contributed by atoms with Crippen LogP contribution in [0.25, 0.3) is 10.9 Å². The van der Waals surface area contributed by atoms with Crippen LogP contribution in [0, 0.1) is 0 Å². The lowest BCUT2D eigenvalue weighted by Gasteiger charge is -2.05. The lowest BCUT2D eigenvalue weighted by molar-refractivity contribution is -0.142. The molecule has 0 unspecified atom stereocenters. The van der Waals surface area contributed by atoms with Gasteiger partial charge in [-0.2, -0.15) is 0 Å². The number of ether oxygens (including phenoxy) is 1. The summed E-state index contributed by atoms with van der Waals surface area (Å²) in [6.07, 6.45) is -1.18. The van der Waals surface area contributed by atoms with Gasteiger partial charge in [-0.25, -0.2) is 9.36 Å². The van der Waals surface area contributed by atoms with Crippen LogP contribution in [0.2, 0.25) is 0 Å². The first-order chi connectivity index (χ1) is 9.02. The van der Waals surface area contributed by atoms with Crippen LogP contribution in [-0.4, -0.2) is 28.3 Å². The van der Waals surface area contributed by atoms with Gasteiger partial charge in [-0.1, -0.05) is 22.0 Å². The Hall–Kier alpha value is -1.82. The van der Waals surface area contributed by atoms with E-state index in [-0.39, 0.29) is 13.0 Å². The monoisotopic (exact) mass is 325 g/mol. The van der Waals surface area contributed by atoms with E-state index < -0.39 is 12.1 Å². The van der Waals surface area contributed by atoms with Crippen molar-refractivity contribution in [2.24, 2.45) is 0 Å². The number of nitrogens with zero attached hydrogens (tertiary/aromatic N) is 1. The molecule has 19 heavy (non-hydrogen) atoms. The summed E-state index contributed by atoms with van der Waals surface area (Å²) in [7, 11) is 0. The highest BCUT2D eigenvalue weighted by molar-refractivity contribution is 9.10. The summed E-state index contributed by atoms with van der Waals surface area (Å²) < 4.78 is 6.73. The van der Waals surface area contributed by atoms with Crippen LogP contribution in [0.1, 0.15) is 12.6 Å². The van der Waals surface area contributed by atoms with E-state index in [1.165, 1.54) is 0 Å². The molecule has 2 rings (SSSR count). The molecule has 5 nitrogen and oxygen atoms in total. The summed E-state index contributed by atoms with van der Waals surface area (Å²) in [5.41, 5.74) is 0.945. The van der Waals surface area contributed by atoms with Gasteiger partial charge < -0.3 is 9.84 Å². The van der Waals surface area contributed by atoms with Crippen molar-refractivity contribution < 1.29 is 19.4 Å². The molecule has 0 aliphatic carbocycles. The lowest BCUT2D eigenvalue weighted by atomic mass is 10.2. The molecule has 0 fully saturated rings. The Balaban J connectivity index is 2.51. The maximum absolute atomic E-state index is 11.5. The van der Waals surface area contributed by atoms with Crippen molar-refractivity contribution in [2.75, 3.05) is 6.61 Å². The third-order valence-corrected chi connectivity index (χ3v) is 3.16. The molecule has 1 aromatic carbocycles. The average Bonchev–Trinajstić information content (AvgIpc) is 2.66. The minimum Gasteiger partial charge on any atom is -0.466 e. The van der Waals surface area contributed by atoms with E-state index in [0.29, 0.717) is 11.2 Å². The summed E-state index contributed by atoms with van der Waals surface area (Å²) in [6.45, 7) is 1.99. The minimum atomic E-state index is -1.12. The summed E-state index contributed by atoms with van der Waals surface area (Å²) in [4.78, 5) is 22.8. The maximum atomic E-state index is 11.5. The number of esters is 1. The molecule has 1 N–H and O–H groups in total. The summed E-state index contributed by atoms with van der Waals surface area (Å²) in [5.74, 6) is -0.438. The fourth-order valence-electron chi connectivity index (χ4n) is 1.95. The molecule has 0 amide bonds. The van der Waals surface area contributed by atoms with E-state index in [1.807, 2.05) is 6.07 Å². The fourth-order valence-corrected chi connectivity index (χ4v) is 2.30. The van der Waals surface area contributed by atoms with Gasteiger partial charge in [0.1, 0.15) is 0 Å². The van der Waals surface area contributed by atoms with Crippen molar-refractivity contribution >= 4 is 38.9 Å². The Morgan fingerprint density at radius 1 is 1.37 bits per heavy atom. The number of rotatable bonds is 3. The zero-order chi connectivity index (χ0) is 14.0. The van der Waals surface area contributed by atoms with Crippen LogP contribution >= 0.6 is 15.9 Å². The molecule has 0 radical (unpaired) electrons. The second kappa shape index (κ2) is 5.44. The molecular weight excluding hydrogens is 314 g/mol. The number of hydrogen-bond donors (Lipinski definition) is 1. The van der Waals surface area contributed by atoms with Crippen LogP contribution < -0.4 is 0 Å². The highest BCUT2D eigenvalue weighted by atomic mass is 79.9. The first-order valence-corrected chi connectivity index (χ1v) is 6.51. The summed E-state index contributed by atoms with van der Waals surface area (Å²) >= 11 is 3.30. The normalized spacial score (nSPS) is 10.6. The van der Waals surface area contributed by atoms with Gasteiger partial charge >= 0.3 is 12.1 Å². The highest BCUT2D eigenvalue weighted by Gasteiger charge is 2.17. The van der Waals surface area contributed by atoms with Crippen molar-refractivity contribution in [1.29, 1.82) is 0 Å². The third-order valence-electron chi connectivity index (χ3n) is 2.66. The van der Waals surface area contributed by atoms with Crippen molar-refractivity contribution in [2.45, 2.75) is 13.3 Å². The van der Waals surface area contributed by atoms with Crippen LogP contribution in [0.4, 0.5) is 4.79 Å². The van der Waals surface area contributed by atoms with Crippen LogP contribution in [0.15, 0.2) is 28.7 Å². The van der Waals surface area contributed by atoms with Crippen LogP contribution in [0.3, 0.4) is 0 Å². The smallest absolute Gasteiger partial charge is 0.416 e. The van der Waals surface area contributed by atoms with Gasteiger partial charge in [-0.15, -0.1) is 0 Å². The molecule has 2 aromatic rings. The number of halogens is 1. The second-order valence-corrected chi connectivity index (χ2v) is 4.85. The molecular formula is C13H12BrNO4. The number of carbonyl (C=O) groups excluding carboxylic acids is 1. The first kappa shape index (κ1) is 13.6. The van der Waals surface area contributed by atoms with Crippen molar-refractivity contribution in [3.8, 4) is 0 Å². The van der Waals surface area contributed by atoms with Crippen LogP contribution in [0.5, 0.6) is 0 Å². The SMILES string of the molecule is CCOC(=O)Cc1cc2ccc(Br)cc2n1C(=O)O. The van der Waals surface area contributed by atoms with Gasteiger partial charge in [0.2, 0.25) is 0 Å². The van der Waals surface area contributed by atoms with Crippen molar-refractivity contribution in [3.05, 3.63) is 34.4 Å². The maximum Gasteiger partial charge on any atom is 0.416 e. The largest absolute Gasteiger partial charge is 0.466 e. The molecule has 0 atom stereocenters. The number of carboxylic acid groups (broad SMARTS) is 1. The van der Waals surface area contributed by atoms with Gasteiger partial charge in [0, 0.05) is 15.6 Å². The lowest BCUT2D eigenvalue weighted by Crippen LogP contribution is -2.16. The van der Waals surface area contributed by atoms with E-state index in [9.17, 15) is 14.7 Å². The number of aromatic nitrogens is 1. The van der Waals surface area contributed by atoms with E-state index in [0.717, 1.165) is 14.4 Å². The Morgan fingerprint density at radius 2 is 2.11 bits per heavy atom. The zero-order valence-electron chi connectivity index (χ0n) is 10.2. The number of fused-ring (bicyclic) bond motifs is 1. The van der Waals surface area contributed by atoms with E-state index in [2.05, 4.69) is 15.9 Å². The molecule has 0 spiro atoms. The van der Waals surface area contributed by atoms with Crippen molar-refractivity contribution in [3.63, 3.8) is 0 Å². The molecule has 100 valence electrons. The molecule has 1 aromatic heterocycles. The first-order valence-electron chi connectivity index (χ1n) is 5.71. The van der Waals surface area contributed by atoms with Crippen LogP contribution in [-0.2, 0) is 16.0 Å². The Labute approximate surface area is 117 Å². The quantitative estimate of drug-likeness (QED) is 0.880. The fraction of sp³-hybridized carbons (Fsp3) is 0.231. The predicted octanol–water partition coefficient (Wildman–Crippen LogP) is 3.04. The molecule has 0 saturated carbocycles. The number of carbonyl (C=O) groups is 2. The van der Waals surface area contributed by atoms with Crippen molar-refractivity contribution in [1.82, 2.24) is 4.57 Å². The average molecular weight is 326 g/mol. The highest BCUT2D eigenvalue weighted by Crippen LogP contribution is 2.24. The van der Waals surface area contributed by atoms with E-state index >= 15 is 0 Å². The van der Waals surface area contributed by atoms with Gasteiger partial charge in [0.25, 0.3) is 0 Å². The molecule has 0 aliphatic rings. The predicted molar refractivity (Wildman–Crippen MR) is 73.4 cm³/mol. The Kier molecular flexibility index (Phi) is 3.90. The summed E-state index contributed by atoms with van der Waals surface area (Å²) in [5, 5.41) is 10.1. The molecule has 0 saturated heterocycles. The van der Waals surface area contributed by atoms with Gasteiger partial charge in [0.15, 0.2) is 0 Å². The second-order valence-electron chi connectivity index (χ2n) is 3.94. The van der Waals surface area contributed by atoms with Gasteiger partial charge in [-0.3, -0.25) is 4.79 Å². The Morgan fingerprint density at radius 3 is 2.74 bits per heavy atom. The Bertz CT molecular complexity index is 647. The zero-order valence-corrected chi connectivity index (χ0v) is 11.8. The van der Waals surface area contributed by atoms with E-state index in [4.69, 9.17) is 4.74 Å². The molecule has 6 heteroatoms. The molecule has 1 heterocycles. The summed E-state index contributed by atoms with van der Waals surface area (Å²) in [6, 6.07) is 7.01. The minimum absolute atomic E-state index is 0.0631. The topological polar surface area (TPSA) is 68.5 Å². The number of benzene rings is 1. The van der Waals surface area contributed by atoms with Gasteiger partial charge in [0.05, 0.1) is 18.5 Å². The van der Waals surface area contributed by atoms with E-state index in [1.54, 1.807) is 25.1 Å². The molecule has 0 bridgehead atoms. The van der Waals surface area contributed by atoms with Gasteiger partial charge in [-0.05, 0) is 25.1 Å². The molecule has 0 aliphatic heterocycles.